The van der Waals surface area contributed by atoms with Crippen molar-refractivity contribution < 1.29 is 4.42 Å². The van der Waals surface area contributed by atoms with Gasteiger partial charge in [0, 0.05) is 76.0 Å². The van der Waals surface area contributed by atoms with Crippen molar-refractivity contribution >= 4 is 94.7 Å². The molecule has 3 nitrogen and oxygen atoms in total. The van der Waals surface area contributed by atoms with E-state index in [0.717, 1.165) is 48.0 Å². The Morgan fingerprint density at radius 2 is 1.20 bits per heavy atom. The largest absolute Gasteiger partial charge is 0.456 e. The quantitative estimate of drug-likeness (QED) is 0.174. The van der Waals surface area contributed by atoms with Crippen LogP contribution in [0.1, 0.15) is 103 Å². The Balaban J connectivity index is 1.03. The SMILES string of the molecule is CC(C)(C)c1ccc(Nc2cc3oc4cc5c(cc4c3cc2-c2ccc3c4cc6c(cc4n4c3c2Bc2cc3sc(-c7ccccc7)c(-c7ccccc7)c3cc2-4)-c2ccccc2C6(C)C)C(C)(C)CCC5(C)C)cc1. The van der Waals surface area contributed by atoms with Gasteiger partial charge in [-0.05, 0) is 145 Å². The maximum atomic E-state index is 7.01. The van der Waals surface area contributed by atoms with Crippen molar-refractivity contribution in [2.24, 2.45) is 0 Å². The molecule has 4 heterocycles. The zero-order valence-electron chi connectivity index (χ0n) is 45.1. The first-order chi connectivity index (χ1) is 36.5. The number of thiophene rings is 1. The van der Waals surface area contributed by atoms with E-state index in [1.54, 1.807) is 0 Å². The van der Waals surface area contributed by atoms with E-state index in [9.17, 15) is 0 Å². The van der Waals surface area contributed by atoms with Crippen LogP contribution >= 0.6 is 11.3 Å². The molecule has 0 amide bonds. The number of fused-ring (bicyclic) bond motifs is 13. The van der Waals surface area contributed by atoms with Crippen LogP contribution in [0.15, 0.2) is 174 Å². The zero-order valence-corrected chi connectivity index (χ0v) is 45.9. The molecule has 9 aromatic carbocycles. The molecule has 0 radical (unpaired) electrons. The molecule has 0 unspecified atom stereocenters. The van der Waals surface area contributed by atoms with Crippen LogP contribution < -0.4 is 16.2 Å². The summed E-state index contributed by atoms with van der Waals surface area (Å²) in [5, 5.41) is 10.2. The Kier molecular flexibility index (Phi) is 9.48. The molecule has 1 aliphatic heterocycles. The molecule has 3 aromatic heterocycles. The van der Waals surface area contributed by atoms with Gasteiger partial charge in [-0.3, -0.25) is 0 Å². The van der Waals surface area contributed by atoms with Crippen molar-refractivity contribution in [3.05, 3.63) is 198 Å². The normalized spacial score (nSPS) is 15.8. The minimum atomic E-state index is -0.130. The molecule has 12 aromatic rings. The van der Waals surface area contributed by atoms with Crippen LogP contribution in [0.3, 0.4) is 0 Å². The summed E-state index contributed by atoms with van der Waals surface area (Å²) in [7, 11) is 0.794. The Morgan fingerprint density at radius 1 is 0.539 bits per heavy atom. The van der Waals surface area contributed by atoms with Crippen LogP contribution in [0.25, 0.3) is 103 Å². The highest BCUT2D eigenvalue weighted by Crippen LogP contribution is 2.53. The second-order valence-electron chi connectivity index (χ2n) is 25.2. The van der Waals surface area contributed by atoms with Crippen molar-refractivity contribution in [2.45, 2.75) is 96.8 Å². The van der Waals surface area contributed by atoms with Gasteiger partial charge in [0.15, 0.2) is 7.28 Å². The molecule has 1 N–H and O–H groups in total. The smallest absolute Gasteiger partial charge is 0.198 e. The summed E-state index contributed by atoms with van der Waals surface area (Å²) in [6, 6.07) is 64.8. The summed E-state index contributed by atoms with van der Waals surface area (Å²) < 4.78 is 11.0. The van der Waals surface area contributed by atoms with Gasteiger partial charge in [0.05, 0.1) is 11.2 Å². The van der Waals surface area contributed by atoms with E-state index < -0.39 is 0 Å². The average Bonchev–Trinajstić information content (AvgIpc) is 4.30. The van der Waals surface area contributed by atoms with Gasteiger partial charge in [0.25, 0.3) is 0 Å². The van der Waals surface area contributed by atoms with Gasteiger partial charge in [-0.25, -0.2) is 0 Å². The Morgan fingerprint density at radius 3 is 1.93 bits per heavy atom. The molecule has 0 fully saturated rings. The topological polar surface area (TPSA) is 30.1 Å². The molecule has 0 bridgehead atoms. The molecule has 0 saturated carbocycles. The molecule has 0 spiro atoms. The molecular formula is C71H61BN2OS. The number of nitrogens with zero attached hydrogens (tertiary/aromatic N) is 1. The molecule has 15 rings (SSSR count). The van der Waals surface area contributed by atoms with E-state index >= 15 is 0 Å². The van der Waals surface area contributed by atoms with Crippen LogP contribution in [0, 0.1) is 0 Å². The van der Waals surface area contributed by atoms with Gasteiger partial charge in [-0.15, -0.1) is 11.3 Å². The highest BCUT2D eigenvalue weighted by Gasteiger charge is 2.39. The van der Waals surface area contributed by atoms with Gasteiger partial charge < -0.3 is 14.3 Å². The summed E-state index contributed by atoms with van der Waals surface area (Å²) in [4.78, 5) is 1.31. The number of anilines is 2. The number of hydrogen-bond acceptors (Lipinski definition) is 3. The van der Waals surface area contributed by atoms with Crippen molar-refractivity contribution in [3.8, 4) is 49.5 Å². The van der Waals surface area contributed by atoms with Gasteiger partial charge >= 0.3 is 0 Å². The van der Waals surface area contributed by atoms with Gasteiger partial charge in [-0.2, -0.15) is 0 Å². The van der Waals surface area contributed by atoms with E-state index in [-0.39, 0.29) is 21.7 Å². The second-order valence-corrected chi connectivity index (χ2v) is 26.3. The number of aromatic nitrogens is 1. The number of furan rings is 1. The predicted octanol–water partition coefficient (Wildman–Crippen LogP) is 18.3. The summed E-state index contributed by atoms with van der Waals surface area (Å²) in [5.74, 6) is 0. The van der Waals surface area contributed by atoms with E-state index in [1.165, 1.54) is 126 Å². The van der Waals surface area contributed by atoms with E-state index in [4.69, 9.17) is 4.42 Å². The third-order valence-electron chi connectivity index (χ3n) is 18.2. The predicted molar refractivity (Wildman–Crippen MR) is 327 cm³/mol. The maximum absolute atomic E-state index is 7.01. The first kappa shape index (κ1) is 45.8. The molecule has 5 heteroatoms. The lowest BCUT2D eigenvalue weighted by Gasteiger charge is -2.41. The van der Waals surface area contributed by atoms with E-state index in [1.807, 2.05) is 11.3 Å². The lowest BCUT2D eigenvalue weighted by molar-refractivity contribution is 0.332. The zero-order chi connectivity index (χ0) is 51.8. The number of benzene rings is 9. The second kappa shape index (κ2) is 15.7. The molecular weight excluding hydrogens is 940 g/mol. The fraction of sp³-hybridized carbons (Fsp3) is 0.211. The van der Waals surface area contributed by atoms with Crippen molar-refractivity contribution in [2.75, 3.05) is 5.32 Å². The molecule has 0 atom stereocenters. The third kappa shape index (κ3) is 6.60. The minimum absolute atomic E-state index is 0.0478. The summed E-state index contributed by atoms with van der Waals surface area (Å²) in [5.41, 5.74) is 26.4. The van der Waals surface area contributed by atoms with Crippen molar-refractivity contribution in [3.63, 3.8) is 0 Å². The van der Waals surface area contributed by atoms with E-state index in [0.29, 0.717) is 0 Å². The number of nitrogens with one attached hydrogen (secondary N) is 1. The fourth-order valence-electron chi connectivity index (χ4n) is 13.9. The molecule has 76 heavy (non-hydrogen) atoms. The van der Waals surface area contributed by atoms with Crippen LogP contribution in [-0.2, 0) is 21.7 Å². The van der Waals surface area contributed by atoms with Gasteiger partial charge in [0.2, 0.25) is 0 Å². The average molecular weight is 1000 g/mol. The van der Waals surface area contributed by atoms with Crippen LogP contribution in [-0.4, -0.2) is 11.8 Å². The maximum Gasteiger partial charge on any atom is 0.198 e. The monoisotopic (exact) mass is 1000 g/mol. The van der Waals surface area contributed by atoms with Crippen LogP contribution in [0.2, 0.25) is 0 Å². The Hall–Kier alpha value is -7.60. The molecule has 370 valence electrons. The van der Waals surface area contributed by atoms with Gasteiger partial charge in [0.1, 0.15) is 11.2 Å². The summed E-state index contributed by atoms with van der Waals surface area (Å²) in [6.07, 6.45) is 2.32. The highest BCUT2D eigenvalue weighted by atomic mass is 32.1. The number of rotatable bonds is 5. The lowest BCUT2D eigenvalue weighted by atomic mass is 9.59. The lowest BCUT2D eigenvalue weighted by Crippen LogP contribution is -2.37. The Labute approximate surface area is 450 Å². The first-order valence-electron chi connectivity index (χ1n) is 27.4. The van der Waals surface area contributed by atoms with Crippen molar-refractivity contribution in [1.29, 1.82) is 0 Å². The Bertz CT molecular complexity index is 4440. The third-order valence-corrected chi connectivity index (χ3v) is 19.4. The van der Waals surface area contributed by atoms with Crippen LogP contribution in [0.5, 0.6) is 0 Å². The summed E-state index contributed by atoms with van der Waals surface area (Å²) in [6.45, 7) is 21.3. The van der Waals surface area contributed by atoms with E-state index in [2.05, 4.69) is 242 Å². The molecule has 2 aliphatic carbocycles. The minimum Gasteiger partial charge on any atom is -0.456 e. The fourth-order valence-corrected chi connectivity index (χ4v) is 15.1. The highest BCUT2D eigenvalue weighted by molar-refractivity contribution is 7.23. The van der Waals surface area contributed by atoms with Crippen LogP contribution in [0.4, 0.5) is 11.4 Å². The van der Waals surface area contributed by atoms with Gasteiger partial charge in [-0.1, -0.05) is 177 Å². The molecule has 3 aliphatic rings. The number of hydrogen-bond donors (Lipinski definition) is 1. The molecule has 0 saturated heterocycles. The summed E-state index contributed by atoms with van der Waals surface area (Å²) >= 11 is 1.92. The first-order valence-corrected chi connectivity index (χ1v) is 28.2. The van der Waals surface area contributed by atoms with Crippen molar-refractivity contribution in [1.82, 2.24) is 4.57 Å². The standard InChI is InChI=1S/C71H61BN2OS/c1-68(2,3)42-24-26-43(27-25-42)73-58-39-62-50(51-34-55-56(37-61(51)75-62)70(6,7)31-30-69(55,4)5)32-48(58)45-28-29-46-49-33-54-47(44-22-16-17-23-53(44)71(54,8)9)35-59(49)74-60-36-52-63(38-57(60)72-65(45)66(46)74)76-67(41-20-14-11-15-21-41)64(52)40-18-12-10-13-19-40/h10-29,32-39,72-73H,30-31H2,1-9H3.